The van der Waals surface area contributed by atoms with Crippen molar-refractivity contribution in [3.8, 4) is 0 Å². The summed E-state index contributed by atoms with van der Waals surface area (Å²) in [5, 5.41) is 9.24. The van der Waals surface area contributed by atoms with Crippen LogP contribution in [0.2, 0.25) is 0 Å². The van der Waals surface area contributed by atoms with E-state index in [0.29, 0.717) is 22.4 Å². The summed E-state index contributed by atoms with van der Waals surface area (Å²) in [5.74, 6) is 0.578. The number of amides is 1. The van der Waals surface area contributed by atoms with E-state index in [2.05, 4.69) is 76.0 Å². The molecule has 5 nitrogen and oxygen atoms in total. The summed E-state index contributed by atoms with van der Waals surface area (Å²) >= 11 is 1.33. The molecule has 0 aliphatic carbocycles. The van der Waals surface area contributed by atoms with Gasteiger partial charge in [0.05, 0.1) is 23.9 Å². The Labute approximate surface area is 218 Å². The minimum absolute atomic E-state index is 0.0777. The van der Waals surface area contributed by atoms with Gasteiger partial charge in [0.25, 0.3) is 5.91 Å². The molecule has 1 aliphatic rings. The molecule has 4 rings (SSSR count). The molecule has 1 aliphatic heterocycles. The van der Waals surface area contributed by atoms with Crippen molar-refractivity contribution in [3.63, 3.8) is 0 Å². The summed E-state index contributed by atoms with van der Waals surface area (Å²) in [4.78, 5) is 15.5. The van der Waals surface area contributed by atoms with Crippen LogP contribution in [0, 0.1) is 0 Å². The lowest BCUT2D eigenvalue weighted by molar-refractivity contribution is -0.122. The number of hydrogen-bond donors (Lipinski definition) is 0. The maximum Gasteiger partial charge on any atom is 0.267 e. The molecule has 0 bridgehead atoms. The van der Waals surface area contributed by atoms with Gasteiger partial charge in [0.2, 0.25) is 0 Å². The molecule has 0 atom stereocenters. The molecular weight excluding hydrogens is 466 g/mol. The van der Waals surface area contributed by atoms with E-state index in [-0.39, 0.29) is 16.7 Å². The first kappa shape index (κ1) is 25.7. The number of carbonyl (C=O) groups is 1. The molecule has 186 valence electrons. The van der Waals surface area contributed by atoms with Crippen molar-refractivity contribution in [3.05, 3.63) is 99.8 Å². The largest absolute Gasteiger partial charge is 0.467 e. The van der Waals surface area contributed by atoms with Crippen molar-refractivity contribution in [2.24, 2.45) is 10.2 Å². The molecule has 36 heavy (non-hydrogen) atoms. The second-order valence-corrected chi connectivity index (χ2v) is 12.0. The Morgan fingerprint density at radius 1 is 0.861 bits per heavy atom. The Balaban J connectivity index is 1.58. The molecule has 6 heteroatoms. The number of amidine groups is 1. The monoisotopic (exact) mass is 499 g/mol. The van der Waals surface area contributed by atoms with Gasteiger partial charge in [-0.1, -0.05) is 90.1 Å². The molecule has 2 aromatic carbocycles. The predicted octanol–water partition coefficient (Wildman–Crippen LogP) is 7.38. The second-order valence-electron chi connectivity index (χ2n) is 11.0. The van der Waals surface area contributed by atoms with Crippen LogP contribution in [0.4, 0.5) is 0 Å². The van der Waals surface area contributed by atoms with Crippen LogP contribution in [-0.2, 0) is 22.2 Å². The van der Waals surface area contributed by atoms with Gasteiger partial charge in [0, 0.05) is 0 Å². The quantitative estimate of drug-likeness (QED) is 0.209. The highest BCUT2D eigenvalue weighted by atomic mass is 32.2. The fraction of sp³-hybridized carbons (Fsp3) is 0.300. The molecule has 1 saturated heterocycles. The summed E-state index contributed by atoms with van der Waals surface area (Å²) in [7, 11) is 0. The predicted molar refractivity (Wildman–Crippen MR) is 150 cm³/mol. The Kier molecular flexibility index (Phi) is 7.36. The van der Waals surface area contributed by atoms with Crippen molar-refractivity contribution in [2.75, 3.05) is 0 Å². The van der Waals surface area contributed by atoms with Crippen molar-refractivity contribution in [2.45, 2.75) is 58.9 Å². The number of rotatable bonds is 5. The SMILES string of the molecule is CC(C)(C)c1ccc(/C=N\N=C2\S/C(=C\c3ccc(C(C)(C)C)cc3)C(=O)N2Cc2ccco2)cc1. The van der Waals surface area contributed by atoms with E-state index < -0.39 is 0 Å². The highest BCUT2D eigenvalue weighted by molar-refractivity contribution is 8.18. The van der Waals surface area contributed by atoms with Crippen molar-refractivity contribution < 1.29 is 9.21 Å². The van der Waals surface area contributed by atoms with Crippen LogP contribution in [0.15, 0.2) is 86.5 Å². The first-order valence-electron chi connectivity index (χ1n) is 12.1. The van der Waals surface area contributed by atoms with Gasteiger partial charge in [0.1, 0.15) is 5.76 Å². The van der Waals surface area contributed by atoms with E-state index in [1.54, 1.807) is 17.4 Å². The Morgan fingerprint density at radius 2 is 1.44 bits per heavy atom. The normalized spacial score (nSPS) is 17.2. The van der Waals surface area contributed by atoms with Crippen LogP contribution in [0.3, 0.4) is 0 Å². The van der Waals surface area contributed by atoms with E-state index in [4.69, 9.17) is 4.42 Å². The summed E-state index contributed by atoms with van der Waals surface area (Å²) in [5.41, 5.74) is 4.61. The lowest BCUT2D eigenvalue weighted by Gasteiger charge is -2.18. The number of furan rings is 1. The average molecular weight is 500 g/mol. The Bertz CT molecular complexity index is 1290. The van der Waals surface area contributed by atoms with E-state index in [0.717, 1.165) is 11.1 Å². The zero-order chi connectivity index (χ0) is 25.9. The number of thioether (sulfide) groups is 1. The van der Waals surface area contributed by atoms with Crippen LogP contribution < -0.4 is 0 Å². The third-order valence-corrected chi connectivity index (χ3v) is 6.98. The molecular formula is C30H33N3O2S. The first-order chi connectivity index (χ1) is 17.0. The van der Waals surface area contributed by atoms with Crippen molar-refractivity contribution >= 4 is 35.1 Å². The van der Waals surface area contributed by atoms with Gasteiger partial charge < -0.3 is 4.42 Å². The van der Waals surface area contributed by atoms with Crippen LogP contribution >= 0.6 is 11.8 Å². The van der Waals surface area contributed by atoms with E-state index in [9.17, 15) is 4.79 Å². The molecule has 1 aromatic heterocycles. The maximum absolute atomic E-state index is 13.3. The highest BCUT2D eigenvalue weighted by Gasteiger charge is 2.34. The van der Waals surface area contributed by atoms with E-state index >= 15 is 0 Å². The highest BCUT2D eigenvalue weighted by Crippen LogP contribution is 2.34. The molecule has 1 fully saturated rings. The standard InChI is InChI=1S/C30H33N3O2S/c1-29(2,3)23-13-9-21(10-14-23)18-26-27(34)33(20-25-8-7-17-35-25)28(36-26)32-31-19-22-11-15-24(16-12-22)30(4,5)6/h7-19H,20H2,1-6H3/b26-18-,31-19-,32-28+. The van der Waals surface area contributed by atoms with Crippen molar-refractivity contribution in [1.29, 1.82) is 0 Å². The molecule has 2 heterocycles. The summed E-state index contributed by atoms with van der Waals surface area (Å²) in [6, 6.07) is 20.3. The van der Waals surface area contributed by atoms with Gasteiger partial charge in [-0.05, 0) is 63.1 Å². The second kappa shape index (κ2) is 10.3. The van der Waals surface area contributed by atoms with Crippen LogP contribution in [0.25, 0.3) is 6.08 Å². The lowest BCUT2D eigenvalue weighted by atomic mass is 9.87. The number of hydrogen-bond acceptors (Lipinski definition) is 5. The van der Waals surface area contributed by atoms with Gasteiger partial charge in [-0.15, -0.1) is 5.10 Å². The van der Waals surface area contributed by atoms with E-state index in [1.807, 2.05) is 42.5 Å². The molecule has 0 unspecified atom stereocenters. The Hall–Kier alpha value is -3.38. The van der Waals surface area contributed by atoms with Gasteiger partial charge in [-0.2, -0.15) is 5.10 Å². The van der Waals surface area contributed by atoms with E-state index in [1.165, 1.54) is 22.9 Å². The average Bonchev–Trinajstić information content (AvgIpc) is 3.43. The third-order valence-electron chi connectivity index (χ3n) is 5.98. The summed E-state index contributed by atoms with van der Waals surface area (Å²) in [6.07, 6.45) is 5.22. The fourth-order valence-electron chi connectivity index (χ4n) is 3.73. The maximum atomic E-state index is 13.3. The minimum Gasteiger partial charge on any atom is -0.467 e. The molecule has 1 amide bonds. The summed E-state index contributed by atoms with van der Waals surface area (Å²) < 4.78 is 5.49. The Morgan fingerprint density at radius 3 is 1.97 bits per heavy atom. The number of nitrogens with zero attached hydrogens (tertiary/aromatic N) is 3. The topological polar surface area (TPSA) is 58.2 Å². The minimum atomic E-state index is -0.111. The lowest BCUT2D eigenvalue weighted by Crippen LogP contribution is -2.28. The number of carbonyl (C=O) groups excluding carboxylic acids is 1. The molecule has 3 aromatic rings. The van der Waals surface area contributed by atoms with Crippen LogP contribution in [-0.4, -0.2) is 22.2 Å². The molecule has 0 saturated carbocycles. The molecule has 0 radical (unpaired) electrons. The van der Waals surface area contributed by atoms with Gasteiger partial charge in [-0.25, -0.2) is 0 Å². The van der Waals surface area contributed by atoms with Gasteiger partial charge in [-0.3, -0.25) is 9.69 Å². The zero-order valence-corrected chi connectivity index (χ0v) is 22.6. The van der Waals surface area contributed by atoms with Crippen molar-refractivity contribution in [1.82, 2.24) is 4.90 Å². The molecule has 0 spiro atoms. The van der Waals surface area contributed by atoms with Gasteiger partial charge in [0.15, 0.2) is 5.17 Å². The number of benzene rings is 2. The first-order valence-corrected chi connectivity index (χ1v) is 12.9. The third kappa shape index (κ3) is 6.24. The fourth-order valence-corrected chi connectivity index (χ4v) is 4.66. The summed E-state index contributed by atoms with van der Waals surface area (Å²) in [6.45, 7) is 13.4. The van der Waals surface area contributed by atoms with Crippen LogP contribution in [0.1, 0.15) is 69.6 Å². The van der Waals surface area contributed by atoms with Gasteiger partial charge >= 0.3 is 0 Å². The van der Waals surface area contributed by atoms with Crippen LogP contribution in [0.5, 0.6) is 0 Å². The zero-order valence-electron chi connectivity index (χ0n) is 21.8. The molecule has 0 N–H and O–H groups in total. The smallest absolute Gasteiger partial charge is 0.267 e.